The van der Waals surface area contributed by atoms with Gasteiger partial charge in [-0.2, -0.15) is 0 Å². The standard InChI is InChI=1S/C18H12N4O6/c23-20(24)16-12-11-15(17(21(25)26)18(16)22(27)28)19(13-7-3-1-4-8-13)14-9-5-2-6-10-14/h1-12H. The molecule has 0 heterocycles. The number of hydrogen-bond donors (Lipinski definition) is 0. The Kier molecular flexibility index (Phi) is 4.94. The Morgan fingerprint density at radius 1 is 0.571 bits per heavy atom. The summed E-state index contributed by atoms with van der Waals surface area (Å²) in [6.45, 7) is 0. The van der Waals surface area contributed by atoms with Crippen LogP contribution in [0.1, 0.15) is 0 Å². The molecule has 0 amide bonds. The molecule has 0 aliphatic carbocycles. The van der Waals surface area contributed by atoms with Crippen LogP contribution in [0.25, 0.3) is 0 Å². The van der Waals surface area contributed by atoms with Crippen molar-refractivity contribution in [3.05, 3.63) is 103 Å². The van der Waals surface area contributed by atoms with Gasteiger partial charge >= 0.3 is 17.1 Å². The summed E-state index contributed by atoms with van der Waals surface area (Å²) in [5.74, 6) is 0. The Morgan fingerprint density at radius 3 is 1.43 bits per heavy atom. The van der Waals surface area contributed by atoms with E-state index in [1.165, 1.54) is 4.90 Å². The molecule has 0 aliphatic rings. The van der Waals surface area contributed by atoms with Crippen LogP contribution >= 0.6 is 0 Å². The monoisotopic (exact) mass is 380 g/mol. The summed E-state index contributed by atoms with van der Waals surface area (Å²) in [4.78, 5) is 32.8. The van der Waals surface area contributed by atoms with Crippen LogP contribution in [0.2, 0.25) is 0 Å². The maximum atomic E-state index is 11.7. The fourth-order valence-corrected chi connectivity index (χ4v) is 2.83. The molecule has 0 saturated carbocycles. The van der Waals surface area contributed by atoms with Crippen LogP contribution in [0.15, 0.2) is 72.8 Å². The lowest BCUT2D eigenvalue weighted by Gasteiger charge is -2.24. The van der Waals surface area contributed by atoms with Gasteiger partial charge in [0.15, 0.2) is 0 Å². The molecule has 0 unspecified atom stereocenters. The number of anilines is 3. The third kappa shape index (κ3) is 3.33. The van der Waals surface area contributed by atoms with Gasteiger partial charge in [-0.25, -0.2) is 0 Å². The Morgan fingerprint density at radius 2 is 1.04 bits per heavy atom. The normalized spacial score (nSPS) is 10.3. The highest BCUT2D eigenvalue weighted by atomic mass is 16.6. The van der Waals surface area contributed by atoms with Gasteiger partial charge in [0.25, 0.3) is 0 Å². The fraction of sp³-hybridized carbons (Fsp3) is 0. The number of nitrogens with zero attached hydrogens (tertiary/aromatic N) is 4. The maximum Gasteiger partial charge on any atom is 0.424 e. The van der Waals surface area contributed by atoms with Gasteiger partial charge in [0.2, 0.25) is 0 Å². The zero-order chi connectivity index (χ0) is 20.3. The summed E-state index contributed by atoms with van der Waals surface area (Å²) in [7, 11) is 0. The van der Waals surface area contributed by atoms with Crippen molar-refractivity contribution in [2.75, 3.05) is 4.90 Å². The Bertz CT molecular complexity index is 1020. The highest BCUT2D eigenvalue weighted by Crippen LogP contribution is 2.47. The van der Waals surface area contributed by atoms with Crippen LogP contribution in [-0.4, -0.2) is 14.8 Å². The van der Waals surface area contributed by atoms with E-state index in [0.29, 0.717) is 11.4 Å². The SMILES string of the molecule is O=[N+]([O-])c1ccc(N(c2ccccc2)c2ccccc2)c([N+](=O)[O-])c1[N+](=O)[O-]. The number of nitro benzene ring substituents is 3. The first-order valence-corrected chi connectivity index (χ1v) is 7.92. The zero-order valence-electron chi connectivity index (χ0n) is 14.2. The fourth-order valence-electron chi connectivity index (χ4n) is 2.83. The molecule has 3 aromatic carbocycles. The van der Waals surface area contributed by atoms with E-state index in [2.05, 4.69) is 0 Å². The minimum Gasteiger partial charge on any atom is -0.304 e. The first kappa shape index (κ1) is 18.5. The average molecular weight is 380 g/mol. The number of hydrogen-bond acceptors (Lipinski definition) is 7. The molecule has 0 fully saturated rings. The predicted molar refractivity (Wildman–Crippen MR) is 101 cm³/mol. The summed E-state index contributed by atoms with van der Waals surface area (Å²) >= 11 is 0. The van der Waals surface area contributed by atoms with E-state index in [4.69, 9.17) is 0 Å². The molecule has 3 rings (SSSR count). The molecule has 0 aromatic heterocycles. The lowest BCUT2D eigenvalue weighted by molar-refractivity contribution is -0.440. The molecule has 10 nitrogen and oxygen atoms in total. The lowest BCUT2D eigenvalue weighted by atomic mass is 10.1. The second kappa shape index (κ2) is 7.50. The van der Waals surface area contributed by atoms with Crippen LogP contribution < -0.4 is 4.90 Å². The lowest BCUT2D eigenvalue weighted by Crippen LogP contribution is -2.13. The second-order valence-corrected chi connectivity index (χ2v) is 5.58. The Labute approximate surface area is 157 Å². The third-order valence-corrected chi connectivity index (χ3v) is 3.94. The topological polar surface area (TPSA) is 133 Å². The molecule has 0 radical (unpaired) electrons. The number of para-hydroxylation sites is 2. The van der Waals surface area contributed by atoms with E-state index in [1.807, 2.05) is 0 Å². The van der Waals surface area contributed by atoms with Crippen molar-refractivity contribution < 1.29 is 14.8 Å². The summed E-state index contributed by atoms with van der Waals surface area (Å²) in [5, 5.41) is 34.4. The Hall–Kier alpha value is -4.34. The van der Waals surface area contributed by atoms with Crippen molar-refractivity contribution in [3.63, 3.8) is 0 Å². The molecule has 10 heteroatoms. The molecule has 0 N–H and O–H groups in total. The highest BCUT2D eigenvalue weighted by molar-refractivity contribution is 5.88. The van der Waals surface area contributed by atoms with Crippen LogP contribution in [0.4, 0.5) is 34.1 Å². The summed E-state index contributed by atoms with van der Waals surface area (Å²) in [6, 6.07) is 19.0. The summed E-state index contributed by atoms with van der Waals surface area (Å²) in [6.07, 6.45) is 0. The van der Waals surface area contributed by atoms with E-state index >= 15 is 0 Å². The van der Waals surface area contributed by atoms with E-state index in [9.17, 15) is 30.3 Å². The van der Waals surface area contributed by atoms with Crippen molar-refractivity contribution in [1.82, 2.24) is 0 Å². The largest absolute Gasteiger partial charge is 0.424 e. The van der Waals surface area contributed by atoms with Crippen LogP contribution in [0.5, 0.6) is 0 Å². The average Bonchev–Trinajstić information content (AvgIpc) is 2.69. The first-order valence-electron chi connectivity index (χ1n) is 7.92. The third-order valence-electron chi connectivity index (χ3n) is 3.94. The molecule has 0 aliphatic heterocycles. The number of rotatable bonds is 6. The van der Waals surface area contributed by atoms with Gasteiger partial charge < -0.3 is 4.90 Å². The van der Waals surface area contributed by atoms with Gasteiger partial charge in [-0.3, -0.25) is 30.3 Å². The van der Waals surface area contributed by atoms with Crippen molar-refractivity contribution in [3.8, 4) is 0 Å². The molecule has 0 saturated heterocycles. The first-order chi connectivity index (χ1) is 13.4. The van der Waals surface area contributed by atoms with E-state index in [-0.39, 0.29) is 5.69 Å². The van der Waals surface area contributed by atoms with Gasteiger partial charge in [0.1, 0.15) is 5.69 Å². The molecule has 0 atom stereocenters. The van der Waals surface area contributed by atoms with Crippen molar-refractivity contribution in [1.29, 1.82) is 0 Å². The molecule has 140 valence electrons. The van der Waals surface area contributed by atoms with Gasteiger partial charge in [0, 0.05) is 17.4 Å². The molecule has 28 heavy (non-hydrogen) atoms. The van der Waals surface area contributed by atoms with Crippen molar-refractivity contribution in [2.45, 2.75) is 0 Å². The number of benzene rings is 3. The van der Waals surface area contributed by atoms with Crippen LogP contribution in [0.3, 0.4) is 0 Å². The van der Waals surface area contributed by atoms with E-state index in [0.717, 1.165) is 12.1 Å². The molecule has 3 aromatic rings. The minimum atomic E-state index is -1.16. The van der Waals surface area contributed by atoms with Gasteiger partial charge in [0.05, 0.1) is 14.8 Å². The van der Waals surface area contributed by atoms with Gasteiger partial charge in [-0.1, -0.05) is 36.4 Å². The molecular weight excluding hydrogens is 368 g/mol. The quantitative estimate of drug-likeness (QED) is 0.439. The molecular formula is C18H12N4O6. The van der Waals surface area contributed by atoms with Gasteiger partial charge in [-0.15, -0.1) is 0 Å². The van der Waals surface area contributed by atoms with Crippen LogP contribution in [0, 0.1) is 30.3 Å². The Balaban J connectivity index is 2.38. The van der Waals surface area contributed by atoms with Gasteiger partial charge in [-0.05, 0) is 30.3 Å². The second-order valence-electron chi connectivity index (χ2n) is 5.58. The minimum absolute atomic E-state index is 0.153. The van der Waals surface area contributed by atoms with Crippen molar-refractivity contribution in [2.24, 2.45) is 0 Å². The highest BCUT2D eigenvalue weighted by Gasteiger charge is 2.40. The van der Waals surface area contributed by atoms with E-state index < -0.39 is 31.8 Å². The summed E-state index contributed by atoms with van der Waals surface area (Å²) < 4.78 is 0. The van der Waals surface area contributed by atoms with E-state index in [1.54, 1.807) is 60.7 Å². The maximum absolute atomic E-state index is 11.7. The predicted octanol–water partition coefficient (Wildman–Crippen LogP) is 4.88. The van der Waals surface area contributed by atoms with Crippen LogP contribution in [-0.2, 0) is 0 Å². The summed E-state index contributed by atoms with van der Waals surface area (Å²) in [5.41, 5.74) is -2.21. The number of nitro groups is 3. The molecule has 0 bridgehead atoms. The zero-order valence-corrected chi connectivity index (χ0v) is 14.2. The molecule has 0 spiro atoms. The van der Waals surface area contributed by atoms with Crippen molar-refractivity contribution >= 4 is 34.1 Å². The smallest absolute Gasteiger partial charge is 0.304 e.